The van der Waals surface area contributed by atoms with E-state index in [1.807, 2.05) is 0 Å². The maximum atomic E-state index is 11.2. The van der Waals surface area contributed by atoms with Crippen LogP contribution in [0.3, 0.4) is 0 Å². The van der Waals surface area contributed by atoms with Gasteiger partial charge in [0, 0.05) is 12.3 Å². The average molecular weight is 239 g/mol. The van der Waals surface area contributed by atoms with Crippen molar-refractivity contribution in [3.8, 4) is 0 Å². The van der Waals surface area contributed by atoms with Gasteiger partial charge >= 0.3 is 5.97 Å². The summed E-state index contributed by atoms with van der Waals surface area (Å²) in [6.45, 7) is -0.0439. The molecule has 5 nitrogen and oxygen atoms in total. The van der Waals surface area contributed by atoms with Crippen molar-refractivity contribution in [1.82, 2.24) is 0 Å². The predicted octanol–water partition coefficient (Wildman–Crippen LogP) is 0.628. The molecular formula is C12H17NO4. The van der Waals surface area contributed by atoms with Crippen molar-refractivity contribution in [3.05, 3.63) is 29.8 Å². The number of rotatable bonds is 6. The summed E-state index contributed by atoms with van der Waals surface area (Å²) in [7, 11) is 1.33. The van der Waals surface area contributed by atoms with E-state index in [4.69, 9.17) is 10.2 Å². The Hall–Kier alpha value is -1.59. The van der Waals surface area contributed by atoms with Crippen LogP contribution >= 0.6 is 0 Å². The molecule has 0 radical (unpaired) electrons. The van der Waals surface area contributed by atoms with Gasteiger partial charge in [-0.25, -0.2) is 4.79 Å². The van der Waals surface area contributed by atoms with Gasteiger partial charge in [-0.15, -0.1) is 0 Å². The summed E-state index contributed by atoms with van der Waals surface area (Å²) in [6.07, 6.45) is 0.468. The Bertz CT molecular complexity index is 350. The second-order valence-corrected chi connectivity index (χ2v) is 3.61. The number of benzene rings is 1. The standard InChI is InChI=1S/C12H17NO4/c1-17-12(16)9-2-4-10(5-3-9)13-11(8-15)6-7-14/h2-5,11,13-15H,6-8H2,1H3. The molecule has 1 rings (SSSR count). The fraction of sp³-hybridized carbons (Fsp3) is 0.417. The largest absolute Gasteiger partial charge is 0.465 e. The zero-order valence-corrected chi connectivity index (χ0v) is 9.72. The van der Waals surface area contributed by atoms with E-state index in [-0.39, 0.29) is 25.2 Å². The van der Waals surface area contributed by atoms with Gasteiger partial charge in [0.15, 0.2) is 0 Å². The van der Waals surface area contributed by atoms with E-state index in [2.05, 4.69) is 10.1 Å². The zero-order chi connectivity index (χ0) is 12.7. The number of carbonyl (C=O) groups is 1. The maximum Gasteiger partial charge on any atom is 0.337 e. The highest BCUT2D eigenvalue weighted by molar-refractivity contribution is 5.89. The van der Waals surface area contributed by atoms with Crippen LogP contribution in [0.4, 0.5) is 5.69 Å². The summed E-state index contributed by atoms with van der Waals surface area (Å²) in [4.78, 5) is 11.2. The number of aliphatic hydroxyl groups is 2. The van der Waals surface area contributed by atoms with Gasteiger partial charge in [0.2, 0.25) is 0 Å². The quantitative estimate of drug-likeness (QED) is 0.634. The van der Waals surface area contributed by atoms with E-state index < -0.39 is 0 Å². The molecular weight excluding hydrogens is 222 g/mol. The zero-order valence-electron chi connectivity index (χ0n) is 9.72. The Balaban J connectivity index is 2.64. The third kappa shape index (κ3) is 4.05. The first-order valence-electron chi connectivity index (χ1n) is 5.38. The lowest BCUT2D eigenvalue weighted by Crippen LogP contribution is -2.24. The Labute approximate surface area is 100 Å². The van der Waals surface area contributed by atoms with Gasteiger partial charge in [-0.1, -0.05) is 0 Å². The van der Waals surface area contributed by atoms with E-state index in [0.717, 1.165) is 5.69 Å². The number of hydrogen-bond acceptors (Lipinski definition) is 5. The Kier molecular flexibility index (Phi) is 5.45. The Morgan fingerprint density at radius 3 is 2.47 bits per heavy atom. The van der Waals surface area contributed by atoms with Crippen LogP contribution in [0.1, 0.15) is 16.8 Å². The van der Waals surface area contributed by atoms with E-state index >= 15 is 0 Å². The van der Waals surface area contributed by atoms with Gasteiger partial charge in [-0.05, 0) is 30.7 Å². The number of carbonyl (C=O) groups excluding carboxylic acids is 1. The second-order valence-electron chi connectivity index (χ2n) is 3.61. The second kappa shape index (κ2) is 6.88. The number of ether oxygens (including phenoxy) is 1. The molecule has 0 amide bonds. The molecule has 1 atom stereocenters. The van der Waals surface area contributed by atoms with Crippen LogP contribution in [-0.4, -0.2) is 42.5 Å². The molecule has 0 aliphatic heterocycles. The smallest absolute Gasteiger partial charge is 0.337 e. The summed E-state index contributed by atoms with van der Waals surface area (Å²) in [5.41, 5.74) is 1.26. The molecule has 1 aromatic carbocycles. The molecule has 17 heavy (non-hydrogen) atoms. The highest BCUT2D eigenvalue weighted by atomic mass is 16.5. The lowest BCUT2D eigenvalue weighted by Gasteiger charge is -2.16. The van der Waals surface area contributed by atoms with Crippen molar-refractivity contribution in [2.45, 2.75) is 12.5 Å². The summed E-state index contributed by atoms with van der Waals surface area (Å²) in [5.74, 6) is -0.384. The molecule has 0 saturated heterocycles. The SMILES string of the molecule is COC(=O)c1ccc(NC(CO)CCO)cc1. The topological polar surface area (TPSA) is 78.8 Å². The highest BCUT2D eigenvalue weighted by Gasteiger charge is 2.08. The van der Waals surface area contributed by atoms with E-state index in [9.17, 15) is 4.79 Å². The lowest BCUT2D eigenvalue weighted by molar-refractivity contribution is 0.0601. The Morgan fingerprint density at radius 1 is 1.35 bits per heavy atom. The van der Waals surface area contributed by atoms with Crippen molar-refractivity contribution >= 4 is 11.7 Å². The molecule has 0 spiro atoms. The van der Waals surface area contributed by atoms with E-state index in [1.54, 1.807) is 24.3 Å². The van der Waals surface area contributed by atoms with Crippen LogP contribution in [0.5, 0.6) is 0 Å². The number of anilines is 1. The van der Waals surface area contributed by atoms with Crippen molar-refractivity contribution in [2.75, 3.05) is 25.6 Å². The molecule has 0 aliphatic carbocycles. The molecule has 0 aliphatic rings. The molecule has 5 heteroatoms. The number of hydrogen-bond donors (Lipinski definition) is 3. The normalized spacial score (nSPS) is 11.9. The monoisotopic (exact) mass is 239 g/mol. The number of esters is 1. The van der Waals surface area contributed by atoms with Crippen molar-refractivity contribution in [1.29, 1.82) is 0 Å². The minimum atomic E-state index is -0.384. The fourth-order valence-corrected chi connectivity index (χ4v) is 1.42. The maximum absolute atomic E-state index is 11.2. The van der Waals surface area contributed by atoms with Crippen LogP contribution in [0, 0.1) is 0 Å². The first-order chi connectivity index (χ1) is 8.21. The number of methoxy groups -OCH3 is 1. The van der Waals surface area contributed by atoms with Gasteiger partial charge in [0.1, 0.15) is 0 Å². The van der Waals surface area contributed by atoms with Gasteiger partial charge < -0.3 is 20.3 Å². The molecule has 1 unspecified atom stereocenters. The number of aliphatic hydroxyl groups excluding tert-OH is 2. The molecule has 0 bridgehead atoms. The van der Waals surface area contributed by atoms with Gasteiger partial charge in [-0.2, -0.15) is 0 Å². The summed E-state index contributed by atoms with van der Waals surface area (Å²) in [6, 6.07) is 6.55. The fourth-order valence-electron chi connectivity index (χ4n) is 1.42. The van der Waals surface area contributed by atoms with Crippen LogP contribution < -0.4 is 5.32 Å². The van der Waals surface area contributed by atoms with Crippen molar-refractivity contribution in [2.24, 2.45) is 0 Å². The summed E-state index contributed by atoms with van der Waals surface area (Å²) < 4.78 is 4.58. The van der Waals surface area contributed by atoms with Crippen molar-refractivity contribution in [3.63, 3.8) is 0 Å². The Morgan fingerprint density at radius 2 is 2.00 bits per heavy atom. The van der Waals surface area contributed by atoms with Crippen molar-refractivity contribution < 1.29 is 19.7 Å². The van der Waals surface area contributed by atoms with Crippen LogP contribution in [0.25, 0.3) is 0 Å². The lowest BCUT2D eigenvalue weighted by atomic mass is 10.1. The van der Waals surface area contributed by atoms with Crippen LogP contribution in [0.15, 0.2) is 24.3 Å². The molecule has 0 aromatic heterocycles. The first kappa shape index (κ1) is 13.5. The molecule has 0 fully saturated rings. The molecule has 1 aromatic rings. The number of nitrogens with one attached hydrogen (secondary N) is 1. The van der Waals surface area contributed by atoms with Gasteiger partial charge in [0.25, 0.3) is 0 Å². The summed E-state index contributed by atoms with van der Waals surface area (Å²) >= 11 is 0. The summed E-state index contributed by atoms with van der Waals surface area (Å²) in [5, 5.41) is 20.9. The molecule has 3 N–H and O–H groups in total. The highest BCUT2D eigenvalue weighted by Crippen LogP contribution is 2.12. The minimum Gasteiger partial charge on any atom is -0.465 e. The van der Waals surface area contributed by atoms with Crippen LogP contribution in [-0.2, 0) is 4.74 Å². The first-order valence-corrected chi connectivity index (χ1v) is 5.38. The third-order valence-corrected chi connectivity index (χ3v) is 2.37. The van der Waals surface area contributed by atoms with Crippen LogP contribution in [0.2, 0.25) is 0 Å². The molecule has 0 heterocycles. The third-order valence-electron chi connectivity index (χ3n) is 2.37. The average Bonchev–Trinajstić information content (AvgIpc) is 2.38. The molecule has 94 valence electrons. The van der Waals surface area contributed by atoms with E-state index in [1.165, 1.54) is 7.11 Å². The molecule has 0 saturated carbocycles. The predicted molar refractivity (Wildman–Crippen MR) is 64.0 cm³/mol. The van der Waals surface area contributed by atoms with E-state index in [0.29, 0.717) is 12.0 Å². The van der Waals surface area contributed by atoms with Gasteiger partial charge in [-0.3, -0.25) is 0 Å². The van der Waals surface area contributed by atoms with Gasteiger partial charge in [0.05, 0.1) is 25.3 Å². The minimum absolute atomic E-state index is 0.0124.